The highest BCUT2D eigenvalue weighted by Crippen LogP contribution is 2.25. The van der Waals surface area contributed by atoms with Gasteiger partial charge in [0.25, 0.3) is 5.91 Å². The molecule has 0 bridgehead atoms. The van der Waals surface area contributed by atoms with Crippen LogP contribution in [0, 0.1) is 0 Å². The quantitative estimate of drug-likeness (QED) is 0.773. The predicted molar refractivity (Wildman–Crippen MR) is 76.7 cm³/mol. The third-order valence-electron chi connectivity index (χ3n) is 3.29. The second-order valence-corrected chi connectivity index (χ2v) is 4.67. The number of nitrogens with one attached hydrogen (secondary N) is 2. The van der Waals surface area contributed by atoms with E-state index in [1.165, 1.54) is 0 Å². The molecule has 0 spiro atoms. The lowest BCUT2D eigenvalue weighted by atomic mass is 9.97. The van der Waals surface area contributed by atoms with E-state index in [1.54, 1.807) is 0 Å². The second-order valence-electron chi connectivity index (χ2n) is 4.67. The second kappa shape index (κ2) is 7.14. The molecule has 1 heterocycles. The van der Waals surface area contributed by atoms with Crippen molar-refractivity contribution in [2.24, 2.45) is 0 Å². The molecule has 2 rings (SSSR count). The lowest BCUT2D eigenvalue weighted by Gasteiger charge is -2.20. The molecule has 19 heavy (non-hydrogen) atoms. The molecular formula is C15H22N2O2. The number of amides is 1. The summed E-state index contributed by atoms with van der Waals surface area (Å²) < 4.78 is 5.25. The van der Waals surface area contributed by atoms with Crippen molar-refractivity contribution in [3.05, 3.63) is 29.3 Å². The molecule has 1 aliphatic rings. The highest BCUT2D eigenvalue weighted by Gasteiger charge is 2.16. The van der Waals surface area contributed by atoms with Gasteiger partial charge in [-0.1, -0.05) is 6.07 Å². The number of hydrogen-bond donors (Lipinski definition) is 2. The van der Waals surface area contributed by atoms with Crippen LogP contribution in [0.3, 0.4) is 0 Å². The van der Waals surface area contributed by atoms with E-state index in [2.05, 4.69) is 10.6 Å². The smallest absolute Gasteiger partial charge is 0.251 e. The van der Waals surface area contributed by atoms with Crippen LogP contribution in [0.15, 0.2) is 18.2 Å². The summed E-state index contributed by atoms with van der Waals surface area (Å²) in [5.41, 5.74) is 3.06. The largest absolute Gasteiger partial charge is 0.385 e. The Hall–Kier alpha value is -1.55. The fraction of sp³-hybridized carbons (Fsp3) is 0.533. The lowest BCUT2D eigenvalue weighted by molar-refractivity contribution is 0.0943. The third kappa shape index (κ3) is 3.70. The maximum atomic E-state index is 12.2. The van der Waals surface area contributed by atoms with Gasteiger partial charge < -0.3 is 15.4 Å². The standard InChI is InChI=1S/C15H22N2O2/c1-2-19-11-5-10-17-15(18)13-6-3-8-14-12(13)7-4-9-16-14/h3,6,8,16H,2,4-5,7,9-11H2,1H3,(H,17,18). The molecular weight excluding hydrogens is 240 g/mol. The molecule has 2 N–H and O–H groups in total. The molecule has 0 unspecified atom stereocenters. The molecule has 0 fully saturated rings. The number of hydrogen-bond acceptors (Lipinski definition) is 3. The van der Waals surface area contributed by atoms with Gasteiger partial charge in [-0.05, 0) is 43.9 Å². The highest BCUT2D eigenvalue weighted by molar-refractivity contribution is 5.97. The predicted octanol–water partition coefficient (Wildman–Crippen LogP) is 2.20. The molecule has 1 aromatic rings. The molecule has 0 radical (unpaired) electrons. The fourth-order valence-corrected chi connectivity index (χ4v) is 2.34. The number of ether oxygens (including phenoxy) is 1. The van der Waals surface area contributed by atoms with Crippen LogP contribution < -0.4 is 10.6 Å². The van der Waals surface area contributed by atoms with Gasteiger partial charge in [-0.15, -0.1) is 0 Å². The van der Waals surface area contributed by atoms with E-state index in [0.29, 0.717) is 13.2 Å². The van der Waals surface area contributed by atoms with E-state index in [0.717, 1.165) is 49.2 Å². The monoisotopic (exact) mass is 262 g/mol. The van der Waals surface area contributed by atoms with Gasteiger partial charge in [0.05, 0.1) is 0 Å². The SMILES string of the molecule is CCOCCCNC(=O)c1cccc2c1CCCN2. The van der Waals surface area contributed by atoms with Gasteiger partial charge in [-0.25, -0.2) is 0 Å². The fourth-order valence-electron chi connectivity index (χ4n) is 2.34. The minimum atomic E-state index is 0.0250. The molecule has 0 aliphatic carbocycles. The van der Waals surface area contributed by atoms with Crippen LogP contribution in [-0.4, -0.2) is 32.2 Å². The zero-order chi connectivity index (χ0) is 13.5. The van der Waals surface area contributed by atoms with E-state index < -0.39 is 0 Å². The van der Waals surface area contributed by atoms with E-state index in [-0.39, 0.29) is 5.91 Å². The topological polar surface area (TPSA) is 50.4 Å². The van der Waals surface area contributed by atoms with Gasteiger partial charge in [0.1, 0.15) is 0 Å². The molecule has 1 amide bonds. The van der Waals surface area contributed by atoms with Gasteiger partial charge in [0.15, 0.2) is 0 Å². The average Bonchev–Trinajstić information content (AvgIpc) is 2.46. The number of benzene rings is 1. The van der Waals surface area contributed by atoms with Crippen LogP contribution in [0.25, 0.3) is 0 Å². The summed E-state index contributed by atoms with van der Waals surface area (Å²) in [6, 6.07) is 5.89. The number of anilines is 1. The van der Waals surface area contributed by atoms with Gasteiger partial charge in [-0.3, -0.25) is 4.79 Å². The summed E-state index contributed by atoms with van der Waals surface area (Å²) in [5, 5.41) is 6.30. The lowest BCUT2D eigenvalue weighted by Crippen LogP contribution is -2.27. The highest BCUT2D eigenvalue weighted by atomic mass is 16.5. The summed E-state index contributed by atoms with van der Waals surface area (Å²) in [6.07, 6.45) is 2.92. The first-order valence-electron chi connectivity index (χ1n) is 7.04. The van der Waals surface area contributed by atoms with E-state index >= 15 is 0 Å². The first-order chi connectivity index (χ1) is 9.33. The summed E-state index contributed by atoms with van der Waals surface area (Å²) in [5.74, 6) is 0.0250. The Morgan fingerprint density at radius 3 is 3.21 bits per heavy atom. The van der Waals surface area contributed by atoms with Gasteiger partial charge in [0, 0.05) is 37.6 Å². The van der Waals surface area contributed by atoms with Crippen molar-refractivity contribution in [1.82, 2.24) is 5.32 Å². The summed E-state index contributed by atoms with van der Waals surface area (Å²) in [4.78, 5) is 12.2. The van der Waals surface area contributed by atoms with Gasteiger partial charge in [0.2, 0.25) is 0 Å². The van der Waals surface area contributed by atoms with Crippen LogP contribution in [0.5, 0.6) is 0 Å². The first-order valence-corrected chi connectivity index (χ1v) is 7.04. The number of rotatable bonds is 6. The van der Waals surface area contributed by atoms with Crippen LogP contribution in [0.4, 0.5) is 5.69 Å². The van der Waals surface area contributed by atoms with Gasteiger partial charge in [-0.2, -0.15) is 0 Å². The van der Waals surface area contributed by atoms with Crippen molar-refractivity contribution >= 4 is 11.6 Å². The van der Waals surface area contributed by atoms with Crippen LogP contribution in [-0.2, 0) is 11.2 Å². The van der Waals surface area contributed by atoms with Crippen LogP contribution in [0.1, 0.15) is 35.7 Å². The molecule has 1 aliphatic heterocycles. The summed E-state index contributed by atoms with van der Waals surface area (Å²) in [6.45, 7) is 5.06. The molecule has 4 heteroatoms. The molecule has 0 saturated heterocycles. The Kier molecular flexibility index (Phi) is 5.21. The molecule has 0 aromatic heterocycles. The molecule has 1 aromatic carbocycles. The Morgan fingerprint density at radius 2 is 2.37 bits per heavy atom. The maximum Gasteiger partial charge on any atom is 0.251 e. The third-order valence-corrected chi connectivity index (χ3v) is 3.29. The van der Waals surface area contributed by atoms with Crippen LogP contribution in [0.2, 0.25) is 0 Å². The molecule has 104 valence electrons. The maximum absolute atomic E-state index is 12.2. The van der Waals surface area contributed by atoms with Crippen molar-refractivity contribution in [2.75, 3.05) is 31.6 Å². The Balaban J connectivity index is 1.92. The minimum absolute atomic E-state index is 0.0250. The Labute approximate surface area is 114 Å². The summed E-state index contributed by atoms with van der Waals surface area (Å²) >= 11 is 0. The van der Waals surface area contributed by atoms with E-state index in [9.17, 15) is 4.79 Å². The number of carbonyl (C=O) groups is 1. The Bertz CT molecular complexity index is 432. The van der Waals surface area contributed by atoms with Crippen molar-refractivity contribution < 1.29 is 9.53 Å². The van der Waals surface area contributed by atoms with E-state index in [1.807, 2.05) is 25.1 Å². The zero-order valence-corrected chi connectivity index (χ0v) is 11.5. The zero-order valence-electron chi connectivity index (χ0n) is 11.5. The van der Waals surface area contributed by atoms with Crippen molar-refractivity contribution in [1.29, 1.82) is 0 Å². The average molecular weight is 262 g/mol. The van der Waals surface area contributed by atoms with Crippen molar-refractivity contribution in [3.8, 4) is 0 Å². The normalized spacial score (nSPS) is 13.5. The van der Waals surface area contributed by atoms with E-state index in [4.69, 9.17) is 4.74 Å². The number of carbonyl (C=O) groups excluding carboxylic acids is 1. The first kappa shape index (κ1) is 13.9. The van der Waals surface area contributed by atoms with Crippen molar-refractivity contribution in [3.63, 3.8) is 0 Å². The minimum Gasteiger partial charge on any atom is -0.385 e. The number of fused-ring (bicyclic) bond motifs is 1. The van der Waals surface area contributed by atoms with Crippen LogP contribution >= 0.6 is 0 Å². The molecule has 0 saturated carbocycles. The van der Waals surface area contributed by atoms with Crippen molar-refractivity contribution in [2.45, 2.75) is 26.2 Å². The summed E-state index contributed by atoms with van der Waals surface area (Å²) in [7, 11) is 0. The van der Waals surface area contributed by atoms with Gasteiger partial charge >= 0.3 is 0 Å². The molecule has 4 nitrogen and oxygen atoms in total. The molecule has 0 atom stereocenters. The Morgan fingerprint density at radius 1 is 1.47 bits per heavy atom.